The Kier molecular flexibility index (Phi) is 5.68. The second-order valence-electron chi connectivity index (χ2n) is 7.81. The number of aromatic nitrogens is 2. The van der Waals surface area contributed by atoms with Gasteiger partial charge in [0.1, 0.15) is 0 Å². The van der Waals surface area contributed by atoms with Crippen LogP contribution in [0.25, 0.3) is 5.69 Å². The van der Waals surface area contributed by atoms with Crippen LogP contribution in [-0.4, -0.2) is 63.5 Å². The van der Waals surface area contributed by atoms with Gasteiger partial charge in [0.25, 0.3) is 0 Å². The summed E-state index contributed by atoms with van der Waals surface area (Å²) < 4.78 is 1.90. The average molecular weight is 354 g/mol. The molecule has 2 aliphatic heterocycles. The van der Waals surface area contributed by atoms with Gasteiger partial charge in [-0.1, -0.05) is 12.1 Å². The van der Waals surface area contributed by atoms with E-state index in [0.29, 0.717) is 18.6 Å². The Hall–Kier alpha value is -1.69. The largest absolute Gasteiger partial charge is 0.396 e. The molecular formula is C21H30N4O. The molecule has 1 unspecified atom stereocenters. The van der Waals surface area contributed by atoms with E-state index in [1.54, 1.807) is 0 Å². The first-order chi connectivity index (χ1) is 12.8. The van der Waals surface area contributed by atoms with Crippen molar-refractivity contribution >= 4 is 0 Å². The van der Waals surface area contributed by atoms with Crippen LogP contribution in [0.2, 0.25) is 0 Å². The van der Waals surface area contributed by atoms with E-state index in [1.807, 2.05) is 23.1 Å². The monoisotopic (exact) mass is 354 g/mol. The lowest BCUT2D eigenvalue weighted by Gasteiger charge is -2.42. The van der Waals surface area contributed by atoms with Crippen LogP contribution < -0.4 is 0 Å². The Morgan fingerprint density at radius 1 is 1.04 bits per heavy atom. The van der Waals surface area contributed by atoms with E-state index in [2.05, 4.69) is 39.2 Å². The third-order valence-corrected chi connectivity index (χ3v) is 6.02. The molecule has 2 fully saturated rings. The molecular weight excluding hydrogens is 324 g/mol. The molecule has 2 aromatic rings. The summed E-state index contributed by atoms with van der Waals surface area (Å²) in [5.74, 6) is 0.527. The lowest BCUT2D eigenvalue weighted by atomic mass is 9.94. The number of benzene rings is 1. The first kappa shape index (κ1) is 17.7. The topological polar surface area (TPSA) is 44.5 Å². The Morgan fingerprint density at radius 2 is 1.85 bits per heavy atom. The number of rotatable bonds is 5. The molecule has 26 heavy (non-hydrogen) atoms. The van der Waals surface area contributed by atoms with Crippen molar-refractivity contribution in [2.75, 3.05) is 32.8 Å². The summed E-state index contributed by atoms with van der Waals surface area (Å²) in [7, 11) is 0. The van der Waals surface area contributed by atoms with Crippen LogP contribution in [0, 0.1) is 5.92 Å². The van der Waals surface area contributed by atoms with Gasteiger partial charge in [-0.05, 0) is 75.0 Å². The van der Waals surface area contributed by atoms with E-state index >= 15 is 0 Å². The van der Waals surface area contributed by atoms with E-state index in [1.165, 1.54) is 31.5 Å². The summed E-state index contributed by atoms with van der Waals surface area (Å²) >= 11 is 0. The van der Waals surface area contributed by atoms with Crippen molar-refractivity contribution in [3.63, 3.8) is 0 Å². The number of piperidine rings is 2. The van der Waals surface area contributed by atoms with Gasteiger partial charge in [0.15, 0.2) is 0 Å². The highest BCUT2D eigenvalue weighted by Gasteiger charge is 2.28. The molecule has 1 aromatic carbocycles. The molecule has 2 aliphatic rings. The molecule has 4 rings (SSSR count). The van der Waals surface area contributed by atoms with Gasteiger partial charge in [0, 0.05) is 38.1 Å². The van der Waals surface area contributed by atoms with Gasteiger partial charge in [-0.15, -0.1) is 0 Å². The third kappa shape index (κ3) is 4.17. The van der Waals surface area contributed by atoms with Crippen molar-refractivity contribution in [1.82, 2.24) is 19.6 Å². The SMILES string of the molecule is OCC1CCN(C2CCCN(Cc3ccc(-n4cccn4)cc3)C2)CC1. The van der Waals surface area contributed by atoms with Gasteiger partial charge < -0.3 is 5.11 Å². The molecule has 140 valence electrons. The van der Waals surface area contributed by atoms with E-state index in [-0.39, 0.29) is 0 Å². The molecule has 1 aromatic heterocycles. The van der Waals surface area contributed by atoms with Gasteiger partial charge in [-0.25, -0.2) is 4.68 Å². The normalized spacial score (nSPS) is 23.3. The second kappa shape index (κ2) is 8.33. The molecule has 0 spiro atoms. The minimum absolute atomic E-state index is 0.360. The van der Waals surface area contributed by atoms with E-state index in [4.69, 9.17) is 0 Å². The maximum Gasteiger partial charge on any atom is 0.0645 e. The highest BCUT2D eigenvalue weighted by Crippen LogP contribution is 2.24. The molecule has 1 N–H and O–H groups in total. The number of hydrogen-bond donors (Lipinski definition) is 1. The molecule has 5 nitrogen and oxygen atoms in total. The number of nitrogens with zero attached hydrogens (tertiary/aromatic N) is 4. The van der Waals surface area contributed by atoms with Crippen molar-refractivity contribution in [3.05, 3.63) is 48.3 Å². The summed E-state index contributed by atoms with van der Waals surface area (Å²) in [4.78, 5) is 5.27. The molecule has 1 atom stereocenters. The average Bonchev–Trinajstić information content (AvgIpc) is 3.24. The van der Waals surface area contributed by atoms with Crippen LogP contribution in [0.5, 0.6) is 0 Å². The maximum absolute atomic E-state index is 9.34. The zero-order valence-electron chi connectivity index (χ0n) is 15.5. The highest BCUT2D eigenvalue weighted by molar-refractivity contribution is 5.33. The fraction of sp³-hybridized carbons (Fsp3) is 0.571. The fourth-order valence-corrected chi connectivity index (χ4v) is 4.41. The van der Waals surface area contributed by atoms with Crippen LogP contribution in [-0.2, 0) is 6.54 Å². The molecule has 0 aliphatic carbocycles. The zero-order chi connectivity index (χ0) is 17.8. The van der Waals surface area contributed by atoms with Crippen LogP contribution in [0.3, 0.4) is 0 Å². The Balaban J connectivity index is 1.32. The molecule has 3 heterocycles. The number of hydrogen-bond acceptors (Lipinski definition) is 4. The quantitative estimate of drug-likeness (QED) is 0.896. The van der Waals surface area contributed by atoms with Crippen LogP contribution in [0.1, 0.15) is 31.2 Å². The van der Waals surface area contributed by atoms with E-state index in [9.17, 15) is 5.11 Å². The Morgan fingerprint density at radius 3 is 2.54 bits per heavy atom. The summed E-state index contributed by atoms with van der Waals surface area (Å²) in [6.07, 6.45) is 8.70. The van der Waals surface area contributed by atoms with E-state index in [0.717, 1.165) is 38.2 Å². The first-order valence-corrected chi connectivity index (χ1v) is 9.98. The summed E-state index contributed by atoms with van der Waals surface area (Å²) in [6.45, 7) is 6.07. The summed E-state index contributed by atoms with van der Waals surface area (Å²) in [5, 5.41) is 13.6. The first-order valence-electron chi connectivity index (χ1n) is 9.98. The van der Waals surface area contributed by atoms with Crippen molar-refractivity contribution in [2.24, 2.45) is 5.92 Å². The minimum atomic E-state index is 0.360. The summed E-state index contributed by atoms with van der Waals surface area (Å²) in [6, 6.07) is 11.4. The van der Waals surface area contributed by atoms with Crippen molar-refractivity contribution in [2.45, 2.75) is 38.3 Å². The van der Waals surface area contributed by atoms with Crippen LogP contribution in [0.4, 0.5) is 0 Å². The predicted octanol–water partition coefficient (Wildman–Crippen LogP) is 2.54. The third-order valence-electron chi connectivity index (χ3n) is 6.02. The molecule has 0 saturated carbocycles. The summed E-state index contributed by atoms with van der Waals surface area (Å²) in [5.41, 5.74) is 2.49. The molecule has 2 saturated heterocycles. The lowest BCUT2D eigenvalue weighted by Crippen LogP contribution is -2.50. The maximum atomic E-state index is 9.34. The lowest BCUT2D eigenvalue weighted by molar-refractivity contribution is 0.0544. The fourth-order valence-electron chi connectivity index (χ4n) is 4.41. The van der Waals surface area contributed by atoms with Crippen LogP contribution >= 0.6 is 0 Å². The van der Waals surface area contributed by atoms with Gasteiger partial charge in [-0.3, -0.25) is 9.80 Å². The van der Waals surface area contributed by atoms with Crippen molar-refractivity contribution < 1.29 is 5.11 Å². The minimum Gasteiger partial charge on any atom is -0.396 e. The van der Waals surface area contributed by atoms with Gasteiger partial charge in [0.2, 0.25) is 0 Å². The number of aliphatic hydroxyl groups is 1. The van der Waals surface area contributed by atoms with Crippen molar-refractivity contribution in [3.8, 4) is 5.69 Å². The number of likely N-dealkylation sites (tertiary alicyclic amines) is 2. The molecule has 0 amide bonds. The zero-order valence-corrected chi connectivity index (χ0v) is 15.5. The van der Waals surface area contributed by atoms with E-state index < -0.39 is 0 Å². The standard InChI is InChI=1S/C21H30N4O/c26-17-19-8-13-24(14-9-19)21-3-1-11-23(16-21)15-18-4-6-20(7-5-18)25-12-2-10-22-25/h2,4-7,10,12,19,21,26H,1,3,8-9,11,13-17H2. The Bertz CT molecular complexity index is 662. The van der Waals surface area contributed by atoms with Crippen LogP contribution in [0.15, 0.2) is 42.7 Å². The smallest absolute Gasteiger partial charge is 0.0645 e. The predicted molar refractivity (Wildman–Crippen MR) is 103 cm³/mol. The molecule has 5 heteroatoms. The Labute approximate surface area is 156 Å². The second-order valence-corrected chi connectivity index (χ2v) is 7.81. The number of aliphatic hydroxyl groups excluding tert-OH is 1. The molecule has 0 bridgehead atoms. The van der Waals surface area contributed by atoms with Gasteiger partial charge >= 0.3 is 0 Å². The van der Waals surface area contributed by atoms with Gasteiger partial charge in [-0.2, -0.15) is 5.10 Å². The highest BCUT2D eigenvalue weighted by atomic mass is 16.3. The van der Waals surface area contributed by atoms with Crippen molar-refractivity contribution in [1.29, 1.82) is 0 Å². The van der Waals surface area contributed by atoms with Gasteiger partial charge in [0.05, 0.1) is 5.69 Å². The molecule has 0 radical (unpaired) electrons.